The summed E-state index contributed by atoms with van der Waals surface area (Å²) in [7, 11) is 0. The number of aryl methyl sites for hydroxylation is 1. The molecular formula is C15H19N3O. The van der Waals surface area contributed by atoms with Crippen LogP contribution in [0.3, 0.4) is 0 Å². The maximum absolute atomic E-state index is 5.41. The quantitative estimate of drug-likeness (QED) is 0.913. The number of hydrogen-bond donors (Lipinski definition) is 1. The molecule has 1 fully saturated rings. The van der Waals surface area contributed by atoms with E-state index in [1.165, 1.54) is 5.56 Å². The van der Waals surface area contributed by atoms with Gasteiger partial charge in [0.2, 0.25) is 5.89 Å². The minimum atomic E-state index is 0.700. The molecule has 0 radical (unpaired) electrons. The summed E-state index contributed by atoms with van der Waals surface area (Å²) in [5.41, 5.74) is 3.30. The first-order chi connectivity index (χ1) is 9.31. The fraction of sp³-hybridized carbons (Fsp3) is 0.400. The van der Waals surface area contributed by atoms with Crippen LogP contribution >= 0.6 is 0 Å². The highest BCUT2D eigenvalue weighted by molar-refractivity contribution is 5.53. The molecule has 1 aliphatic rings. The van der Waals surface area contributed by atoms with Crippen molar-refractivity contribution in [3.63, 3.8) is 0 Å². The normalized spacial score (nSPS) is 16.7. The van der Waals surface area contributed by atoms with Gasteiger partial charge in [-0.1, -0.05) is 12.1 Å². The van der Waals surface area contributed by atoms with Crippen molar-refractivity contribution in [1.82, 2.24) is 15.2 Å². The lowest BCUT2D eigenvalue weighted by Crippen LogP contribution is -2.42. The van der Waals surface area contributed by atoms with E-state index in [1.807, 2.05) is 6.92 Å². The van der Waals surface area contributed by atoms with Crippen molar-refractivity contribution < 1.29 is 4.42 Å². The molecule has 1 N–H and O–H groups in total. The number of hydrogen-bond acceptors (Lipinski definition) is 4. The van der Waals surface area contributed by atoms with Crippen LogP contribution in [0.5, 0.6) is 0 Å². The average molecular weight is 257 g/mol. The van der Waals surface area contributed by atoms with Crippen molar-refractivity contribution >= 4 is 0 Å². The second kappa shape index (κ2) is 5.55. The van der Waals surface area contributed by atoms with Gasteiger partial charge >= 0.3 is 0 Å². The number of nitrogens with zero attached hydrogens (tertiary/aromatic N) is 2. The third-order valence-electron chi connectivity index (χ3n) is 3.44. The Hall–Kier alpha value is -1.65. The molecule has 0 bridgehead atoms. The summed E-state index contributed by atoms with van der Waals surface area (Å²) in [6.07, 6.45) is 1.68. The Kier molecular flexibility index (Phi) is 3.62. The minimum absolute atomic E-state index is 0.700. The fourth-order valence-corrected chi connectivity index (χ4v) is 2.37. The van der Waals surface area contributed by atoms with E-state index in [0.29, 0.717) is 5.89 Å². The third kappa shape index (κ3) is 3.03. The lowest BCUT2D eigenvalue weighted by Gasteiger charge is -2.27. The van der Waals surface area contributed by atoms with Crippen LogP contribution < -0.4 is 5.32 Å². The van der Waals surface area contributed by atoms with Crippen LogP contribution in [0.2, 0.25) is 0 Å². The first-order valence-corrected chi connectivity index (χ1v) is 6.76. The smallest absolute Gasteiger partial charge is 0.226 e. The summed E-state index contributed by atoms with van der Waals surface area (Å²) in [6.45, 7) is 7.39. The van der Waals surface area contributed by atoms with Crippen LogP contribution in [-0.2, 0) is 6.54 Å². The van der Waals surface area contributed by atoms with Gasteiger partial charge in [-0.05, 0) is 24.6 Å². The topological polar surface area (TPSA) is 41.3 Å². The van der Waals surface area contributed by atoms with Gasteiger partial charge in [0.25, 0.3) is 0 Å². The molecule has 1 saturated heterocycles. The van der Waals surface area contributed by atoms with Gasteiger partial charge in [0.15, 0.2) is 0 Å². The first kappa shape index (κ1) is 12.4. The van der Waals surface area contributed by atoms with Crippen molar-refractivity contribution in [2.75, 3.05) is 26.2 Å². The second-order valence-electron chi connectivity index (χ2n) is 5.02. The number of benzene rings is 1. The highest BCUT2D eigenvalue weighted by Gasteiger charge is 2.10. The molecule has 1 aromatic heterocycles. The van der Waals surface area contributed by atoms with E-state index in [0.717, 1.165) is 44.0 Å². The number of aromatic nitrogens is 1. The van der Waals surface area contributed by atoms with E-state index in [1.54, 1.807) is 6.26 Å². The van der Waals surface area contributed by atoms with Crippen molar-refractivity contribution in [2.24, 2.45) is 0 Å². The monoisotopic (exact) mass is 257 g/mol. The number of piperazine rings is 1. The third-order valence-corrected chi connectivity index (χ3v) is 3.44. The minimum Gasteiger partial charge on any atom is -0.444 e. The van der Waals surface area contributed by atoms with Gasteiger partial charge in [-0.15, -0.1) is 0 Å². The maximum atomic E-state index is 5.41. The van der Waals surface area contributed by atoms with Gasteiger partial charge in [-0.3, -0.25) is 4.90 Å². The zero-order valence-corrected chi connectivity index (χ0v) is 11.2. The number of nitrogens with one attached hydrogen (secondary N) is 1. The fourth-order valence-electron chi connectivity index (χ4n) is 2.37. The summed E-state index contributed by atoms with van der Waals surface area (Å²) in [4.78, 5) is 6.81. The molecule has 4 heteroatoms. The van der Waals surface area contributed by atoms with Crippen LogP contribution in [0.4, 0.5) is 0 Å². The molecular weight excluding hydrogens is 238 g/mol. The van der Waals surface area contributed by atoms with E-state index in [4.69, 9.17) is 4.42 Å². The van der Waals surface area contributed by atoms with Crippen molar-refractivity contribution in [2.45, 2.75) is 13.5 Å². The summed E-state index contributed by atoms with van der Waals surface area (Å²) in [5, 5.41) is 3.37. The van der Waals surface area contributed by atoms with Crippen LogP contribution in [-0.4, -0.2) is 36.1 Å². The standard InChI is InChI=1S/C15H19N3O/c1-12-11-19-15(17-12)14-4-2-13(3-5-14)10-18-8-6-16-7-9-18/h2-5,11,16H,6-10H2,1H3. The molecule has 4 nitrogen and oxygen atoms in total. The van der Waals surface area contributed by atoms with E-state index in [-0.39, 0.29) is 0 Å². The Bertz CT molecular complexity index is 527. The summed E-state index contributed by atoms with van der Waals surface area (Å²) >= 11 is 0. The molecule has 1 aromatic carbocycles. The molecule has 0 aliphatic carbocycles. The zero-order valence-electron chi connectivity index (χ0n) is 11.2. The molecule has 0 saturated carbocycles. The largest absolute Gasteiger partial charge is 0.444 e. The highest BCUT2D eigenvalue weighted by Crippen LogP contribution is 2.19. The Labute approximate surface area is 113 Å². The van der Waals surface area contributed by atoms with Gasteiger partial charge in [0.05, 0.1) is 5.69 Å². The lowest BCUT2D eigenvalue weighted by molar-refractivity contribution is 0.233. The highest BCUT2D eigenvalue weighted by atomic mass is 16.3. The Balaban J connectivity index is 1.68. The van der Waals surface area contributed by atoms with Gasteiger partial charge < -0.3 is 9.73 Å². The number of oxazole rings is 1. The molecule has 0 unspecified atom stereocenters. The second-order valence-corrected chi connectivity index (χ2v) is 5.02. The summed E-state index contributed by atoms with van der Waals surface area (Å²) in [5.74, 6) is 0.700. The van der Waals surface area contributed by atoms with E-state index in [2.05, 4.69) is 39.5 Å². The summed E-state index contributed by atoms with van der Waals surface area (Å²) in [6, 6.07) is 8.50. The Morgan fingerprint density at radius 1 is 1.21 bits per heavy atom. The van der Waals surface area contributed by atoms with Crippen molar-refractivity contribution in [1.29, 1.82) is 0 Å². The van der Waals surface area contributed by atoms with Crippen LogP contribution in [0.15, 0.2) is 34.9 Å². The van der Waals surface area contributed by atoms with E-state index in [9.17, 15) is 0 Å². The van der Waals surface area contributed by atoms with Crippen molar-refractivity contribution in [3.05, 3.63) is 41.8 Å². The first-order valence-electron chi connectivity index (χ1n) is 6.76. The van der Waals surface area contributed by atoms with E-state index >= 15 is 0 Å². The average Bonchev–Trinajstić information content (AvgIpc) is 2.87. The Morgan fingerprint density at radius 3 is 2.58 bits per heavy atom. The molecule has 3 rings (SSSR count). The van der Waals surface area contributed by atoms with E-state index < -0.39 is 0 Å². The van der Waals surface area contributed by atoms with Crippen molar-refractivity contribution in [3.8, 4) is 11.5 Å². The van der Waals surface area contributed by atoms with Gasteiger partial charge in [0.1, 0.15) is 6.26 Å². The van der Waals surface area contributed by atoms with Gasteiger partial charge in [-0.2, -0.15) is 0 Å². The predicted molar refractivity (Wildman–Crippen MR) is 74.8 cm³/mol. The SMILES string of the molecule is Cc1coc(-c2ccc(CN3CCNCC3)cc2)n1. The predicted octanol–water partition coefficient (Wildman–Crippen LogP) is 2.06. The van der Waals surface area contributed by atoms with Crippen LogP contribution in [0.25, 0.3) is 11.5 Å². The Morgan fingerprint density at radius 2 is 1.95 bits per heavy atom. The van der Waals surface area contributed by atoms with Gasteiger partial charge in [-0.25, -0.2) is 4.98 Å². The van der Waals surface area contributed by atoms with Gasteiger partial charge in [0, 0.05) is 38.3 Å². The molecule has 0 spiro atoms. The molecule has 0 atom stereocenters. The summed E-state index contributed by atoms with van der Waals surface area (Å²) < 4.78 is 5.41. The zero-order chi connectivity index (χ0) is 13.1. The maximum Gasteiger partial charge on any atom is 0.226 e. The lowest BCUT2D eigenvalue weighted by atomic mass is 10.1. The molecule has 2 heterocycles. The van der Waals surface area contributed by atoms with Crippen LogP contribution in [0, 0.1) is 6.92 Å². The molecule has 19 heavy (non-hydrogen) atoms. The van der Waals surface area contributed by atoms with Crippen LogP contribution in [0.1, 0.15) is 11.3 Å². The molecule has 2 aromatic rings. The molecule has 100 valence electrons. The number of rotatable bonds is 3. The molecule has 1 aliphatic heterocycles. The molecule has 0 amide bonds.